The molecule has 1 saturated heterocycles. The first kappa shape index (κ1) is 12.0. The van der Waals surface area contributed by atoms with Gasteiger partial charge in [0.05, 0.1) is 13.2 Å². The quantitative estimate of drug-likeness (QED) is 0.493. The van der Waals surface area contributed by atoms with Crippen molar-refractivity contribution in [3.63, 3.8) is 0 Å². The van der Waals surface area contributed by atoms with Crippen LogP contribution in [-0.2, 0) is 19.1 Å². The number of ether oxygens (including phenoxy) is 2. The lowest BCUT2D eigenvalue weighted by atomic mass is 10.1. The van der Waals surface area contributed by atoms with E-state index in [0.717, 1.165) is 6.42 Å². The number of amides is 1. The largest absolute Gasteiger partial charge is 0.459 e. The molecule has 1 rings (SSSR count). The van der Waals surface area contributed by atoms with Gasteiger partial charge in [-0.25, -0.2) is 4.79 Å². The normalized spacial score (nSPS) is 20.4. The lowest BCUT2D eigenvalue weighted by Gasteiger charge is -2.14. The molecule has 1 unspecified atom stereocenters. The van der Waals surface area contributed by atoms with Gasteiger partial charge in [0.25, 0.3) is 0 Å². The Balaban J connectivity index is 2.39. The van der Waals surface area contributed by atoms with Crippen molar-refractivity contribution in [2.45, 2.75) is 13.3 Å². The third kappa shape index (κ3) is 3.20. The Kier molecular flexibility index (Phi) is 4.55. The molecule has 0 bridgehead atoms. The van der Waals surface area contributed by atoms with E-state index in [-0.39, 0.29) is 6.61 Å². The van der Waals surface area contributed by atoms with Gasteiger partial charge in [-0.15, -0.1) is 0 Å². The zero-order valence-corrected chi connectivity index (χ0v) is 9.19. The van der Waals surface area contributed by atoms with Gasteiger partial charge >= 0.3 is 11.9 Å². The van der Waals surface area contributed by atoms with Crippen LogP contribution in [0.25, 0.3) is 0 Å². The molecule has 0 aromatic rings. The number of methoxy groups -OCH3 is 1. The van der Waals surface area contributed by atoms with E-state index < -0.39 is 11.9 Å². The first-order chi connectivity index (χ1) is 7.19. The molecular weight excluding hydrogens is 198 g/mol. The number of likely N-dealkylation sites (tertiary alicyclic amines) is 1. The van der Waals surface area contributed by atoms with Crippen LogP contribution in [0.4, 0.5) is 0 Å². The molecule has 1 aliphatic heterocycles. The van der Waals surface area contributed by atoms with Crippen molar-refractivity contribution in [3.05, 3.63) is 0 Å². The summed E-state index contributed by atoms with van der Waals surface area (Å²) in [5.74, 6) is -0.945. The number of carbonyl (C=O) groups is 2. The second-order valence-corrected chi connectivity index (χ2v) is 3.58. The van der Waals surface area contributed by atoms with Gasteiger partial charge in [0.2, 0.25) is 0 Å². The monoisotopic (exact) mass is 215 g/mol. The van der Waals surface area contributed by atoms with Gasteiger partial charge in [0.1, 0.15) is 0 Å². The summed E-state index contributed by atoms with van der Waals surface area (Å²) in [4.78, 5) is 24.2. The molecule has 1 amide bonds. The number of nitrogens with zero attached hydrogens (tertiary/aromatic N) is 1. The van der Waals surface area contributed by atoms with Crippen molar-refractivity contribution in [2.75, 3.05) is 33.4 Å². The fraction of sp³-hybridized carbons (Fsp3) is 0.800. The van der Waals surface area contributed by atoms with Crippen molar-refractivity contribution >= 4 is 11.9 Å². The summed E-state index contributed by atoms with van der Waals surface area (Å²) in [6.45, 7) is 3.76. The Morgan fingerprint density at radius 3 is 2.80 bits per heavy atom. The number of hydrogen-bond donors (Lipinski definition) is 0. The molecule has 5 heteroatoms. The number of rotatable bonds is 3. The van der Waals surface area contributed by atoms with Crippen LogP contribution in [0.2, 0.25) is 0 Å². The third-order valence-corrected chi connectivity index (χ3v) is 2.43. The molecule has 0 aromatic carbocycles. The minimum Gasteiger partial charge on any atom is -0.459 e. The molecule has 0 radical (unpaired) electrons. The zero-order chi connectivity index (χ0) is 11.3. The standard InChI is InChI=1S/C10H17NO4/c1-3-15-10(13)9(12)11-5-4-8(6-11)7-14-2/h8H,3-7H2,1-2H3. The summed E-state index contributed by atoms with van der Waals surface area (Å²) < 4.78 is 9.66. The molecule has 1 heterocycles. The number of hydrogen-bond acceptors (Lipinski definition) is 4. The molecule has 0 aromatic heterocycles. The van der Waals surface area contributed by atoms with E-state index in [2.05, 4.69) is 4.74 Å². The Labute approximate surface area is 89.3 Å². The van der Waals surface area contributed by atoms with Crippen LogP contribution in [0.1, 0.15) is 13.3 Å². The van der Waals surface area contributed by atoms with E-state index in [0.29, 0.717) is 25.6 Å². The maximum atomic E-state index is 11.5. The molecule has 1 fully saturated rings. The topological polar surface area (TPSA) is 55.8 Å². The van der Waals surface area contributed by atoms with Crippen molar-refractivity contribution < 1.29 is 19.1 Å². The smallest absolute Gasteiger partial charge is 0.397 e. The third-order valence-electron chi connectivity index (χ3n) is 2.43. The molecule has 1 atom stereocenters. The first-order valence-electron chi connectivity index (χ1n) is 5.14. The highest BCUT2D eigenvalue weighted by Crippen LogP contribution is 2.16. The summed E-state index contributed by atoms with van der Waals surface area (Å²) >= 11 is 0. The summed E-state index contributed by atoms with van der Waals surface area (Å²) in [6, 6.07) is 0. The van der Waals surface area contributed by atoms with Crippen LogP contribution >= 0.6 is 0 Å². The van der Waals surface area contributed by atoms with E-state index in [1.165, 1.54) is 4.90 Å². The van der Waals surface area contributed by atoms with E-state index >= 15 is 0 Å². The van der Waals surface area contributed by atoms with Crippen LogP contribution in [0.5, 0.6) is 0 Å². The Morgan fingerprint density at radius 1 is 1.47 bits per heavy atom. The van der Waals surface area contributed by atoms with Crippen molar-refractivity contribution in [1.29, 1.82) is 0 Å². The lowest BCUT2D eigenvalue weighted by molar-refractivity contribution is -0.159. The SMILES string of the molecule is CCOC(=O)C(=O)N1CCC(COC)C1. The van der Waals surface area contributed by atoms with Gasteiger partial charge in [-0.2, -0.15) is 0 Å². The van der Waals surface area contributed by atoms with Crippen molar-refractivity contribution in [1.82, 2.24) is 4.90 Å². The van der Waals surface area contributed by atoms with Gasteiger partial charge in [0, 0.05) is 26.1 Å². The first-order valence-corrected chi connectivity index (χ1v) is 5.14. The summed E-state index contributed by atoms with van der Waals surface area (Å²) in [5.41, 5.74) is 0. The zero-order valence-electron chi connectivity index (χ0n) is 9.19. The maximum Gasteiger partial charge on any atom is 0.397 e. The highest BCUT2D eigenvalue weighted by Gasteiger charge is 2.30. The molecule has 0 N–H and O–H groups in total. The second kappa shape index (κ2) is 5.70. The van der Waals surface area contributed by atoms with E-state index in [9.17, 15) is 9.59 Å². The highest BCUT2D eigenvalue weighted by molar-refractivity contribution is 6.32. The minimum absolute atomic E-state index is 0.236. The van der Waals surface area contributed by atoms with Crippen LogP contribution in [0, 0.1) is 5.92 Å². The predicted molar refractivity (Wildman–Crippen MR) is 53.2 cm³/mol. The Morgan fingerprint density at radius 2 is 2.20 bits per heavy atom. The number of esters is 1. The molecule has 0 saturated carbocycles. The van der Waals surface area contributed by atoms with Crippen LogP contribution in [0.3, 0.4) is 0 Å². The fourth-order valence-corrected chi connectivity index (χ4v) is 1.71. The predicted octanol–water partition coefficient (Wildman–Crippen LogP) is 0.0444. The van der Waals surface area contributed by atoms with Gasteiger partial charge < -0.3 is 14.4 Å². The number of carbonyl (C=O) groups excluding carboxylic acids is 2. The highest BCUT2D eigenvalue weighted by atomic mass is 16.5. The Hall–Kier alpha value is -1.10. The molecule has 0 spiro atoms. The van der Waals surface area contributed by atoms with Crippen LogP contribution < -0.4 is 0 Å². The fourth-order valence-electron chi connectivity index (χ4n) is 1.71. The van der Waals surface area contributed by atoms with Gasteiger partial charge in [-0.1, -0.05) is 0 Å². The molecule has 5 nitrogen and oxygen atoms in total. The molecule has 86 valence electrons. The van der Waals surface area contributed by atoms with Crippen molar-refractivity contribution in [3.8, 4) is 0 Å². The second-order valence-electron chi connectivity index (χ2n) is 3.58. The van der Waals surface area contributed by atoms with Gasteiger partial charge in [-0.05, 0) is 13.3 Å². The molecule has 15 heavy (non-hydrogen) atoms. The summed E-state index contributed by atoms with van der Waals surface area (Å²) in [5, 5.41) is 0. The van der Waals surface area contributed by atoms with Crippen LogP contribution in [0.15, 0.2) is 0 Å². The van der Waals surface area contributed by atoms with Crippen LogP contribution in [-0.4, -0.2) is 50.2 Å². The van der Waals surface area contributed by atoms with E-state index in [4.69, 9.17) is 4.74 Å². The maximum absolute atomic E-state index is 11.5. The average molecular weight is 215 g/mol. The molecule has 1 aliphatic rings. The van der Waals surface area contributed by atoms with E-state index in [1.54, 1.807) is 14.0 Å². The summed E-state index contributed by atoms with van der Waals surface area (Å²) in [6.07, 6.45) is 0.888. The Bertz CT molecular complexity index is 242. The summed E-state index contributed by atoms with van der Waals surface area (Å²) in [7, 11) is 1.63. The van der Waals surface area contributed by atoms with Crippen molar-refractivity contribution in [2.24, 2.45) is 5.92 Å². The minimum atomic E-state index is -0.754. The average Bonchev–Trinajstić information content (AvgIpc) is 2.66. The molecule has 0 aliphatic carbocycles. The lowest BCUT2D eigenvalue weighted by Crippen LogP contribution is -2.36. The van der Waals surface area contributed by atoms with E-state index in [1.807, 2.05) is 0 Å². The van der Waals surface area contributed by atoms with Gasteiger partial charge in [0.15, 0.2) is 0 Å². The molecular formula is C10H17NO4. The van der Waals surface area contributed by atoms with Gasteiger partial charge in [-0.3, -0.25) is 4.79 Å².